The van der Waals surface area contributed by atoms with Crippen LogP contribution in [0, 0.1) is 17.6 Å². The van der Waals surface area contributed by atoms with E-state index < -0.39 is 32.1 Å². The molecular weight excluding hydrogens is 502 g/mol. The second-order valence-electron chi connectivity index (χ2n) is 10.5. The Kier molecular flexibility index (Phi) is 8.11. The van der Waals surface area contributed by atoms with Crippen LogP contribution in [0.25, 0.3) is 6.08 Å². The van der Waals surface area contributed by atoms with Gasteiger partial charge in [-0.3, -0.25) is 9.59 Å². The fraction of sp³-hybridized carbons (Fsp3) is 0.267. The molecule has 0 spiro atoms. The summed E-state index contributed by atoms with van der Waals surface area (Å²) >= 11 is 0. The standard InChI is InChI=1S/C30H32F2N2O3Si/c1-20(2)19-38(3,4)37-26-16-8-22(9-17-26)29-28(30(36)34(29)25-14-12-24(32)13-15-25)33-27(35)18-7-21-5-10-23(31)11-6-21/h5-18,20,28-29H,19H2,1-4H3,(H,33,35)/b18-7+/t28-,29-/m1/s1. The molecule has 198 valence electrons. The first-order valence-corrected chi connectivity index (χ1v) is 15.8. The number of carbonyl (C=O) groups excluding carboxylic acids is 2. The van der Waals surface area contributed by atoms with Crippen molar-refractivity contribution in [2.75, 3.05) is 4.90 Å². The lowest BCUT2D eigenvalue weighted by atomic mass is 9.87. The molecule has 1 aliphatic rings. The molecule has 2 amide bonds. The first-order valence-electron chi connectivity index (χ1n) is 12.6. The number of carbonyl (C=O) groups is 2. The quantitative estimate of drug-likeness (QED) is 0.194. The van der Waals surface area contributed by atoms with Gasteiger partial charge in [-0.25, -0.2) is 8.78 Å². The van der Waals surface area contributed by atoms with Gasteiger partial charge in [0, 0.05) is 11.8 Å². The molecule has 2 atom stereocenters. The molecule has 3 aromatic rings. The Morgan fingerprint density at radius 3 is 2.13 bits per heavy atom. The number of β-lactam (4-membered cyclic amide) rings is 1. The minimum atomic E-state index is -1.89. The van der Waals surface area contributed by atoms with Crippen molar-refractivity contribution in [3.8, 4) is 5.75 Å². The second-order valence-corrected chi connectivity index (χ2v) is 14.7. The van der Waals surface area contributed by atoms with E-state index in [1.807, 2.05) is 24.3 Å². The maximum Gasteiger partial charge on any atom is 0.252 e. The zero-order valence-corrected chi connectivity index (χ0v) is 22.9. The maximum atomic E-state index is 13.5. The number of anilines is 1. The highest BCUT2D eigenvalue weighted by Gasteiger charge is 2.49. The van der Waals surface area contributed by atoms with Crippen LogP contribution in [-0.2, 0) is 9.59 Å². The number of amides is 2. The third-order valence-electron chi connectivity index (χ3n) is 6.31. The van der Waals surface area contributed by atoms with E-state index in [9.17, 15) is 18.4 Å². The molecule has 0 saturated carbocycles. The summed E-state index contributed by atoms with van der Waals surface area (Å²) in [4.78, 5) is 27.4. The summed E-state index contributed by atoms with van der Waals surface area (Å²) in [6, 6.07) is 18.8. The highest BCUT2D eigenvalue weighted by molar-refractivity contribution is 6.71. The summed E-state index contributed by atoms with van der Waals surface area (Å²) in [5.74, 6) is -0.189. The normalized spacial score (nSPS) is 17.6. The molecule has 8 heteroatoms. The number of halogens is 2. The van der Waals surface area contributed by atoms with E-state index >= 15 is 0 Å². The van der Waals surface area contributed by atoms with Crippen LogP contribution in [0.15, 0.2) is 78.9 Å². The summed E-state index contributed by atoms with van der Waals surface area (Å²) < 4.78 is 33.0. The van der Waals surface area contributed by atoms with Gasteiger partial charge in [-0.05, 0) is 90.8 Å². The van der Waals surface area contributed by atoms with Crippen molar-refractivity contribution in [3.63, 3.8) is 0 Å². The number of hydrogen-bond donors (Lipinski definition) is 1. The summed E-state index contributed by atoms with van der Waals surface area (Å²) in [7, 11) is -1.89. The highest BCUT2D eigenvalue weighted by atomic mass is 28.4. The molecule has 1 N–H and O–H groups in total. The molecule has 1 saturated heterocycles. The van der Waals surface area contributed by atoms with Crippen molar-refractivity contribution >= 4 is 31.9 Å². The Balaban J connectivity index is 1.55. The molecule has 1 heterocycles. The number of benzene rings is 3. The first-order chi connectivity index (χ1) is 18.0. The van der Waals surface area contributed by atoms with Crippen LogP contribution in [0.2, 0.25) is 19.1 Å². The van der Waals surface area contributed by atoms with E-state index in [0.717, 1.165) is 17.4 Å². The lowest BCUT2D eigenvalue weighted by Crippen LogP contribution is -2.65. The molecule has 3 aromatic carbocycles. The average molecular weight is 535 g/mol. The summed E-state index contributed by atoms with van der Waals surface area (Å²) in [6.45, 7) is 8.74. The number of nitrogens with one attached hydrogen (secondary N) is 1. The van der Waals surface area contributed by atoms with E-state index in [1.54, 1.807) is 35.2 Å². The fourth-order valence-corrected chi connectivity index (χ4v) is 7.71. The Labute approximate surface area is 223 Å². The van der Waals surface area contributed by atoms with Crippen LogP contribution in [0.3, 0.4) is 0 Å². The molecule has 1 aliphatic heterocycles. The monoisotopic (exact) mass is 534 g/mol. The van der Waals surface area contributed by atoms with Crippen molar-refractivity contribution in [1.29, 1.82) is 0 Å². The van der Waals surface area contributed by atoms with E-state index in [0.29, 0.717) is 17.2 Å². The summed E-state index contributed by atoms with van der Waals surface area (Å²) in [6.07, 6.45) is 2.87. The number of hydrogen-bond acceptors (Lipinski definition) is 3. The van der Waals surface area contributed by atoms with Gasteiger partial charge in [-0.15, -0.1) is 0 Å². The predicted octanol–water partition coefficient (Wildman–Crippen LogP) is 6.49. The SMILES string of the molecule is CC(C)C[Si](C)(C)Oc1ccc([C@@H]2[C@@H](NC(=O)/C=C/c3ccc(F)cc3)C(=O)N2c2ccc(F)cc2)cc1. The van der Waals surface area contributed by atoms with Crippen LogP contribution >= 0.6 is 0 Å². The molecule has 38 heavy (non-hydrogen) atoms. The van der Waals surface area contributed by atoms with Crippen molar-refractivity contribution in [3.05, 3.63) is 102 Å². The molecule has 0 aromatic heterocycles. The fourth-order valence-electron chi connectivity index (χ4n) is 4.88. The van der Waals surface area contributed by atoms with Crippen molar-refractivity contribution in [2.45, 2.75) is 45.1 Å². The van der Waals surface area contributed by atoms with E-state index in [4.69, 9.17) is 4.43 Å². The van der Waals surface area contributed by atoms with Gasteiger partial charge in [0.1, 0.15) is 23.4 Å². The highest BCUT2D eigenvalue weighted by Crippen LogP contribution is 2.40. The summed E-state index contributed by atoms with van der Waals surface area (Å²) in [5.41, 5.74) is 2.02. The molecule has 0 aliphatic carbocycles. The van der Waals surface area contributed by atoms with E-state index in [1.165, 1.54) is 30.3 Å². The van der Waals surface area contributed by atoms with Gasteiger partial charge in [0.15, 0.2) is 0 Å². The van der Waals surface area contributed by atoms with E-state index in [-0.39, 0.29) is 11.7 Å². The molecule has 0 radical (unpaired) electrons. The predicted molar refractivity (Wildman–Crippen MR) is 148 cm³/mol. The van der Waals surface area contributed by atoms with Crippen LogP contribution in [0.5, 0.6) is 5.75 Å². The second kappa shape index (κ2) is 11.3. The molecule has 1 fully saturated rings. The minimum Gasteiger partial charge on any atom is -0.544 e. The third-order valence-corrected chi connectivity index (χ3v) is 8.90. The zero-order valence-electron chi connectivity index (χ0n) is 21.9. The molecule has 0 unspecified atom stereocenters. The molecule has 5 nitrogen and oxygen atoms in total. The van der Waals surface area contributed by atoms with E-state index in [2.05, 4.69) is 32.3 Å². The van der Waals surface area contributed by atoms with Crippen LogP contribution < -0.4 is 14.6 Å². The third kappa shape index (κ3) is 6.55. The molecular formula is C30H32F2N2O3Si. The van der Waals surface area contributed by atoms with Crippen LogP contribution in [-0.4, -0.2) is 26.2 Å². The summed E-state index contributed by atoms with van der Waals surface area (Å²) in [5, 5.41) is 2.79. The van der Waals surface area contributed by atoms with Gasteiger partial charge < -0.3 is 14.6 Å². The Hall–Kier alpha value is -3.78. The first kappa shape index (κ1) is 27.3. The lowest BCUT2D eigenvalue weighted by Gasteiger charge is -2.47. The van der Waals surface area contributed by atoms with Gasteiger partial charge in [0.2, 0.25) is 14.2 Å². The zero-order chi connectivity index (χ0) is 27.4. The molecule has 0 bridgehead atoms. The van der Waals surface area contributed by atoms with Gasteiger partial charge in [0.25, 0.3) is 5.91 Å². The topological polar surface area (TPSA) is 58.6 Å². The van der Waals surface area contributed by atoms with Crippen molar-refractivity contribution in [1.82, 2.24) is 5.32 Å². The van der Waals surface area contributed by atoms with Gasteiger partial charge in [-0.1, -0.05) is 38.1 Å². The number of rotatable bonds is 9. The Morgan fingerprint density at radius 2 is 1.55 bits per heavy atom. The largest absolute Gasteiger partial charge is 0.544 e. The average Bonchev–Trinajstić information content (AvgIpc) is 2.86. The van der Waals surface area contributed by atoms with Crippen LogP contribution in [0.1, 0.15) is 31.0 Å². The van der Waals surface area contributed by atoms with Crippen molar-refractivity contribution < 1.29 is 22.8 Å². The molecule has 4 rings (SSSR count). The van der Waals surface area contributed by atoms with Gasteiger partial charge in [0.05, 0.1) is 6.04 Å². The Bertz CT molecular complexity index is 1310. The maximum absolute atomic E-state index is 13.5. The van der Waals surface area contributed by atoms with Crippen molar-refractivity contribution in [2.24, 2.45) is 5.92 Å². The van der Waals surface area contributed by atoms with Gasteiger partial charge >= 0.3 is 0 Å². The number of nitrogens with zero attached hydrogens (tertiary/aromatic N) is 1. The minimum absolute atomic E-state index is 0.295. The van der Waals surface area contributed by atoms with Crippen LogP contribution in [0.4, 0.5) is 14.5 Å². The van der Waals surface area contributed by atoms with Gasteiger partial charge in [-0.2, -0.15) is 0 Å². The Morgan fingerprint density at radius 1 is 0.974 bits per heavy atom. The smallest absolute Gasteiger partial charge is 0.252 e. The lowest BCUT2D eigenvalue weighted by molar-refractivity contribution is -0.131.